The van der Waals surface area contributed by atoms with Gasteiger partial charge in [0.05, 0.1) is 0 Å². The molecule has 1 saturated heterocycles. The minimum atomic E-state index is 0.256. The predicted molar refractivity (Wildman–Crippen MR) is 104 cm³/mol. The second-order valence-electron chi connectivity index (χ2n) is 8.43. The number of nitrogens with one attached hydrogen (secondary N) is 1. The van der Waals surface area contributed by atoms with Crippen LogP contribution in [0.1, 0.15) is 44.2 Å². The van der Waals surface area contributed by atoms with Crippen LogP contribution in [0.15, 0.2) is 36.5 Å². The van der Waals surface area contributed by atoms with E-state index in [1.165, 1.54) is 51.7 Å². The van der Waals surface area contributed by atoms with Crippen molar-refractivity contribution in [2.75, 3.05) is 26.2 Å². The van der Waals surface area contributed by atoms with E-state index in [9.17, 15) is 4.79 Å². The summed E-state index contributed by atoms with van der Waals surface area (Å²) in [6.07, 6.45) is 14.7. The molecular formula is C22H31N3O. The maximum atomic E-state index is 12.5. The van der Waals surface area contributed by atoms with E-state index in [-0.39, 0.29) is 11.8 Å². The van der Waals surface area contributed by atoms with Crippen molar-refractivity contribution >= 4 is 5.91 Å². The van der Waals surface area contributed by atoms with E-state index in [2.05, 4.69) is 27.4 Å². The Morgan fingerprint density at radius 3 is 2.88 bits per heavy atom. The zero-order valence-corrected chi connectivity index (χ0v) is 15.7. The lowest BCUT2D eigenvalue weighted by atomic mass is 9.88. The lowest BCUT2D eigenvalue weighted by Gasteiger charge is -2.35. The highest BCUT2D eigenvalue weighted by Gasteiger charge is 2.58. The first kappa shape index (κ1) is 17.7. The molecule has 0 aromatic carbocycles. The molecule has 1 aromatic rings. The third-order valence-electron chi connectivity index (χ3n) is 6.66. The number of amides is 1. The summed E-state index contributed by atoms with van der Waals surface area (Å²) in [5.74, 6) is 1.37. The standard InChI is InChI=1S/C22H31N3O/c26-21(24-13-9-19-8-4-5-12-23-19)20-16-22(20)10-14-25(15-11-22)17-18-6-2-1-3-7-18/h1-2,4-5,8,12,18,20H,3,6-7,9-11,13-17H2,(H,24,26). The Morgan fingerprint density at radius 1 is 1.27 bits per heavy atom. The minimum absolute atomic E-state index is 0.256. The number of allylic oxidation sites excluding steroid dienone is 2. The number of pyridine rings is 1. The number of carbonyl (C=O) groups excluding carboxylic acids is 1. The van der Waals surface area contributed by atoms with Crippen LogP contribution in [0.4, 0.5) is 0 Å². The van der Waals surface area contributed by atoms with Gasteiger partial charge >= 0.3 is 0 Å². The molecule has 1 saturated carbocycles. The molecule has 1 aromatic heterocycles. The van der Waals surface area contributed by atoms with Gasteiger partial charge < -0.3 is 10.2 Å². The first-order valence-electron chi connectivity index (χ1n) is 10.3. The van der Waals surface area contributed by atoms with Crippen LogP contribution in [0.2, 0.25) is 0 Å². The highest BCUT2D eigenvalue weighted by atomic mass is 16.2. The fraction of sp³-hybridized carbons (Fsp3) is 0.636. The van der Waals surface area contributed by atoms with Crippen LogP contribution < -0.4 is 5.32 Å². The molecule has 2 heterocycles. The number of hydrogen-bond donors (Lipinski definition) is 1. The normalized spacial score (nSPS) is 27.4. The summed E-state index contributed by atoms with van der Waals surface area (Å²) < 4.78 is 0. The van der Waals surface area contributed by atoms with Crippen molar-refractivity contribution in [1.29, 1.82) is 0 Å². The number of hydrogen-bond acceptors (Lipinski definition) is 3. The molecule has 4 heteroatoms. The zero-order chi connectivity index (χ0) is 17.8. The first-order chi connectivity index (χ1) is 12.8. The Balaban J connectivity index is 1.17. The molecule has 2 aliphatic carbocycles. The van der Waals surface area contributed by atoms with Crippen molar-refractivity contribution in [1.82, 2.24) is 15.2 Å². The molecule has 2 fully saturated rings. The number of carbonyl (C=O) groups is 1. The molecule has 3 aliphatic rings. The van der Waals surface area contributed by atoms with Gasteiger partial charge in [0, 0.05) is 37.3 Å². The van der Waals surface area contributed by atoms with Crippen molar-refractivity contribution in [3.05, 3.63) is 42.2 Å². The van der Waals surface area contributed by atoms with Gasteiger partial charge in [-0.15, -0.1) is 0 Å². The van der Waals surface area contributed by atoms with Gasteiger partial charge in [0.2, 0.25) is 5.91 Å². The Bertz CT molecular complexity index is 634. The maximum Gasteiger partial charge on any atom is 0.223 e. The molecule has 1 spiro atoms. The Labute approximate surface area is 157 Å². The molecule has 1 aliphatic heterocycles. The summed E-state index contributed by atoms with van der Waals surface area (Å²) in [6, 6.07) is 5.94. The summed E-state index contributed by atoms with van der Waals surface area (Å²) in [6.45, 7) is 4.31. The van der Waals surface area contributed by atoms with Gasteiger partial charge in [0.25, 0.3) is 0 Å². The van der Waals surface area contributed by atoms with E-state index in [0.717, 1.165) is 24.5 Å². The maximum absolute atomic E-state index is 12.5. The van der Waals surface area contributed by atoms with Crippen molar-refractivity contribution in [2.24, 2.45) is 17.3 Å². The predicted octanol–water partition coefficient (Wildman–Crippen LogP) is 3.20. The van der Waals surface area contributed by atoms with Crippen LogP contribution in [0, 0.1) is 17.3 Å². The molecule has 2 atom stereocenters. The lowest BCUT2D eigenvalue weighted by molar-refractivity contribution is -0.123. The molecule has 4 rings (SSSR count). The molecule has 26 heavy (non-hydrogen) atoms. The highest BCUT2D eigenvalue weighted by molar-refractivity contribution is 5.82. The van der Waals surface area contributed by atoms with Crippen LogP contribution in [0.5, 0.6) is 0 Å². The number of piperidine rings is 1. The molecular weight excluding hydrogens is 322 g/mol. The third-order valence-corrected chi connectivity index (χ3v) is 6.66. The fourth-order valence-electron chi connectivity index (χ4n) is 4.82. The first-order valence-corrected chi connectivity index (χ1v) is 10.3. The molecule has 0 bridgehead atoms. The zero-order valence-electron chi connectivity index (χ0n) is 15.7. The monoisotopic (exact) mass is 353 g/mol. The SMILES string of the molecule is O=C(NCCc1ccccn1)C1CC12CCN(CC1CC=CCC1)CC2. The summed E-state index contributed by atoms with van der Waals surface area (Å²) >= 11 is 0. The van der Waals surface area contributed by atoms with E-state index in [4.69, 9.17) is 0 Å². The second-order valence-corrected chi connectivity index (χ2v) is 8.43. The molecule has 4 nitrogen and oxygen atoms in total. The molecule has 140 valence electrons. The average molecular weight is 354 g/mol. The smallest absolute Gasteiger partial charge is 0.223 e. The Hall–Kier alpha value is -1.68. The minimum Gasteiger partial charge on any atom is -0.355 e. The number of nitrogens with zero attached hydrogens (tertiary/aromatic N) is 2. The van der Waals surface area contributed by atoms with Gasteiger partial charge in [0.1, 0.15) is 0 Å². The lowest BCUT2D eigenvalue weighted by Crippen LogP contribution is -2.39. The van der Waals surface area contributed by atoms with Crippen LogP contribution in [-0.4, -0.2) is 42.0 Å². The van der Waals surface area contributed by atoms with Crippen LogP contribution in [0.3, 0.4) is 0 Å². The van der Waals surface area contributed by atoms with Gasteiger partial charge in [-0.25, -0.2) is 0 Å². The highest BCUT2D eigenvalue weighted by Crippen LogP contribution is 2.59. The van der Waals surface area contributed by atoms with Crippen LogP contribution >= 0.6 is 0 Å². The van der Waals surface area contributed by atoms with Crippen molar-refractivity contribution in [2.45, 2.75) is 44.9 Å². The molecule has 1 amide bonds. The average Bonchev–Trinajstić information content (AvgIpc) is 3.39. The summed E-state index contributed by atoms with van der Waals surface area (Å²) in [7, 11) is 0. The molecule has 0 radical (unpaired) electrons. The van der Waals surface area contributed by atoms with E-state index >= 15 is 0 Å². The van der Waals surface area contributed by atoms with Gasteiger partial charge in [-0.05, 0) is 75.1 Å². The summed E-state index contributed by atoms with van der Waals surface area (Å²) in [4.78, 5) is 19.5. The van der Waals surface area contributed by atoms with Gasteiger partial charge in [-0.3, -0.25) is 9.78 Å². The molecule has 2 unspecified atom stereocenters. The summed E-state index contributed by atoms with van der Waals surface area (Å²) in [5, 5.41) is 3.14. The van der Waals surface area contributed by atoms with Gasteiger partial charge in [-0.1, -0.05) is 18.2 Å². The van der Waals surface area contributed by atoms with Crippen LogP contribution in [0.25, 0.3) is 0 Å². The van der Waals surface area contributed by atoms with E-state index in [1.54, 1.807) is 0 Å². The van der Waals surface area contributed by atoms with Crippen molar-refractivity contribution in [3.8, 4) is 0 Å². The van der Waals surface area contributed by atoms with Gasteiger partial charge in [-0.2, -0.15) is 0 Å². The van der Waals surface area contributed by atoms with E-state index in [0.29, 0.717) is 12.0 Å². The van der Waals surface area contributed by atoms with Crippen molar-refractivity contribution < 1.29 is 4.79 Å². The third kappa shape index (κ3) is 4.17. The number of likely N-dealkylation sites (tertiary alicyclic amines) is 1. The van der Waals surface area contributed by atoms with E-state index < -0.39 is 0 Å². The summed E-state index contributed by atoms with van der Waals surface area (Å²) in [5.41, 5.74) is 1.36. The molecule has 1 N–H and O–H groups in total. The fourth-order valence-corrected chi connectivity index (χ4v) is 4.82. The van der Waals surface area contributed by atoms with Crippen molar-refractivity contribution in [3.63, 3.8) is 0 Å². The topological polar surface area (TPSA) is 45.2 Å². The largest absolute Gasteiger partial charge is 0.355 e. The van der Waals surface area contributed by atoms with Gasteiger partial charge in [0.15, 0.2) is 0 Å². The number of aromatic nitrogens is 1. The number of rotatable bonds is 6. The second kappa shape index (κ2) is 7.91. The van der Waals surface area contributed by atoms with E-state index in [1.807, 2.05) is 24.4 Å². The quantitative estimate of drug-likeness (QED) is 0.799. The Kier molecular flexibility index (Phi) is 5.39. The van der Waals surface area contributed by atoms with Crippen LogP contribution in [-0.2, 0) is 11.2 Å². The Morgan fingerprint density at radius 2 is 2.15 bits per heavy atom.